The number of likely N-dealkylation sites (tertiary alicyclic amines) is 1. The molecule has 31 heavy (non-hydrogen) atoms. The number of thiophene rings is 1. The van der Waals surface area contributed by atoms with Crippen molar-refractivity contribution >= 4 is 57.6 Å². The first-order valence-corrected chi connectivity index (χ1v) is 12.3. The Morgan fingerprint density at radius 2 is 1.65 bits per heavy atom. The van der Waals surface area contributed by atoms with Crippen LogP contribution in [0.2, 0.25) is 4.34 Å². The Labute approximate surface area is 194 Å². The van der Waals surface area contributed by atoms with Crippen molar-refractivity contribution in [3.05, 3.63) is 51.8 Å². The maximum Gasteiger partial charge on any atom is 0.321 e. The lowest BCUT2D eigenvalue weighted by atomic mass is 10.2. The minimum atomic E-state index is -0.137. The third kappa shape index (κ3) is 6.06. The van der Waals surface area contributed by atoms with Crippen molar-refractivity contribution in [1.29, 1.82) is 0 Å². The number of anilines is 2. The van der Waals surface area contributed by atoms with Gasteiger partial charge in [-0.1, -0.05) is 24.4 Å². The van der Waals surface area contributed by atoms with Crippen LogP contribution in [-0.2, 0) is 11.2 Å². The van der Waals surface area contributed by atoms with E-state index in [0.717, 1.165) is 45.8 Å². The fourth-order valence-electron chi connectivity index (χ4n) is 3.41. The van der Waals surface area contributed by atoms with Gasteiger partial charge in [0, 0.05) is 29.8 Å². The number of benzene rings is 1. The summed E-state index contributed by atoms with van der Waals surface area (Å²) in [5, 5.41) is 8.57. The number of hydrogen-bond donors (Lipinski definition) is 2. The van der Waals surface area contributed by atoms with Crippen molar-refractivity contribution in [3.63, 3.8) is 0 Å². The normalized spacial score (nSPS) is 14.2. The predicted octanol–water partition coefficient (Wildman–Crippen LogP) is 6.11. The lowest BCUT2D eigenvalue weighted by molar-refractivity contribution is -0.115. The Morgan fingerprint density at radius 1 is 0.968 bits per heavy atom. The summed E-state index contributed by atoms with van der Waals surface area (Å²) in [4.78, 5) is 32.2. The molecule has 3 aromatic rings. The highest BCUT2D eigenvalue weighted by molar-refractivity contribution is 7.23. The predicted molar refractivity (Wildman–Crippen MR) is 128 cm³/mol. The average molecular weight is 475 g/mol. The van der Waals surface area contributed by atoms with Crippen molar-refractivity contribution in [2.24, 2.45) is 0 Å². The van der Waals surface area contributed by atoms with Gasteiger partial charge in [0.15, 0.2) is 0 Å². The van der Waals surface area contributed by atoms with Crippen LogP contribution in [0.25, 0.3) is 9.88 Å². The number of urea groups is 1. The number of halogens is 1. The summed E-state index contributed by atoms with van der Waals surface area (Å²) >= 11 is 8.95. The van der Waals surface area contributed by atoms with E-state index in [9.17, 15) is 9.59 Å². The number of hydrogen-bond acceptors (Lipinski definition) is 5. The van der Waals surface area contributed by atoms with E-state index < -0.39 is 0 Å². The molecule has 6 nitrogen and oxygen atoms in total. The third-order valence-corrected chi connectivity index (χ3v) is 7.28. The third-order valence-electron chi connectivity index (χ3n) is 4.99. The molecule has 0 aliphatic carbocycles. The SMILES string of the molecule is O=C(Cc1csc(-c2ccc(Cl)s2)n1)Nc1ccc(NC(=O)N2CCCCCC2)cc1. The molecule has 0 bridgehead atoms. The highest BCUT2D eigenvalue weighted by Gasteiger charge is 2.15. The summed E-state index contributed by atoms with van der Waals surface area (Å²) in [5.41, 5.74) is 2.12. The standard InChI is InChI=1S/C22H23ClN4O2S2/c23-19-10-9-18(31-19)21-25-17(14-30-21)13-20(28)24-15-5-7-16(8-6-15)26-22(29)27-11-3-1-2-4-12-27/h5-10,14H,1-4,11-13H2,(H,24,28)(H,26,29). The Kier molecular flexibility index (Phi) is 7.21. The first kappa shape index (κ1) is 21.8. The van der Waals surface area contributed by atoms with E-state index in [-0.39, 0.29) is 18.4 Å². The molecule has 4 rings (SSSR count). The lowest BCUT2D eigenvalue weighted by Gasteiger charge is -2.20. The van der Waals surface area contributed by atoms with Crippen LogP contribution >= 0.6 is 34.3 Å². The van der Waals surface area contributed by atoms with Gasteiger partial charge >= 0.3 is 6.03 Å². The van der Waals surface area contributed by atoms with E-state index in [2.05, 4.69) is 15.6 Å². The first-order valence-electron chi connectivity index (χ1n) is 10.2. The van der Waals surface area contributed by atoms with Gasteiger partial charge in [0.05, 0.1) is 21.3 Å². The average Bonchev–Trinajstić information content (AvgIpc) is 3.29. The number of carbonyl (C=O) groups is 2. The first-order chi connectivity index (χ1) is 15.1. The molecular weight excluding hydrogens is 452 g/mol. The van der Waals surface area contributed by atoms with Gasteiger partial charge < -0.3 is 15.5 Å². The Balaban J connectivity index is 1.29. The number of aromatic nitrogens is 1. The summed E-state index contributed by atoms with van der Waals surface area (Å²) in [6, 6.07) is 10.9. The summed E-state index contributed by atoms with van der Waals surface area (Å²) in [6.07, 6.45) is 4.68. The van der Waals surface area contributed by atoms with Crippen LogP contribution in [-0.4, -0.2) is 34.9 Å². The topological polar surface area (TPSA) is 74.3 Å². The van der Waals surface area contributed by atoms with Gasteiger partial charge in [-0.2, -0.15) is 0 Å². The molecule has 3 heterocycles. The van der Waals surface area contributed by atoms with Gasteiger partial charge in [0.25, 0.3) is 0 Å². The van der Waals surface area contributed by atoms with Crippen LogP contribution < -0.4 is 10.6 Å². The van der Waals surface area contributed by atoms with Gasteiger partial charge in [-0.3, -0.25) is 4.79 Å². The van der Waals surface area contributed by atoms with E-state index in [1.807, 2.05) is 22.4 Å². The molecule has 0 spiro atoms. The van der Waals surface area contributed by atoms with Crippen LogP contribution in [0, 0.1) is 0 Å². The van der Waals surface area contributed by atoms with E-state index in [0.29, 0.717) is 11.4 Å². The summed E-state index contributed by atoms with van der Waals surface area (Å²) < 4.78 is 0.718. The zero-order valence-corrected chi connectivity index (χ0v) is 19.3. The quantitative estimate of drug-likeness (QED) is 0.468. The molecule has 2 N–H and O–H groups in total. The van der Waals surface area contributed by atoms with Gasteiger partial charge in [-0.25, -0.2) is 9.78 Å². The van der Waals surface area contributed by atoms with Crippen LogP contribution in [0.3, 0.4) is 0 Å². The molecule has 9 heteroatoms. The molecule has 0 unspecified atom stereocenters. The number of amides is 3. The van der Waals surface area contributed by atoms with Crippen molar-refractivity contribution in [1.82, 2.24) is 9.88 Å². The highest BCUT2D eigenvalue weighted by atomic mass is 35.5. The van der Waals surface area contributed by atoms with E-state index in [4.69, 9.17) is 11.6 Å². The van der Waals surface area contributed by atoms with Crippen LogP contribution in [0.15, 0.2) is 41.8 Å². The zero-order chi connectivity index (χ0) is 21.6. The maximum atomic E-state index is 12.4. The molecule has 162 valence electrons. The molecule has 1 fully saturated rings. The second-order valence-corrected chi connectivity index (χ2v) is 9.95. The van der Waals surface area contributed by atoms with Crippen molar-refractivity contribution in [2.75, 3.05) is 23.7 Å². The van der Waals surface area contributed by atoms with Gasteiger partial charge in [0.1, 0.15) is 5.01 Å². The van der Waals surface area contributed by atoms with E-state index >= 15 is 0 Å². The zero-order valence-electron chi connectivity index (χ0n) is 16.9. The number of carbonyl (C=O) groups excluding carboxylic acids is 2. The minimum absolute atomic E-state index is 0.0648. The number of nitrogens with one attached hydrogen (secondary N) is 2. The minimum Gasteiger partial charge on any atom is -0.326 e. The van der Waals surface area contributed by atoms with Gasteiger partial charge in [-0.15, -0.1) is 22.7 Å². The Bertz CT molecular complexity index is 1040. The second kappa shape index (κ2) is 10.3. The largest absolute Gasteiger partial charge is 0.326 e. The molecule has 1 aliphatic rings. The summed E-state index contributed by atoms with van der Waals surface area (Å²) in [7, 11) is 0. The van der Waals surface area contributed by atoms with Crippen LogP contribution in [0.1, 0.15) is 31.4 Å². The molecule has 0 atom stereocenters. The summed E-state index contributed by atoms with van der Waals surface area (Å²) in [5.74, 6) is -0.137. The second-order valence-electron chi connectivity index (χ2n) is 7.38. The molecule has 0 radical (unpaired) electrons. The highest BCUT2D eigenvalue weighted by Crippen LogP contribution is 2.33. The van der Waals surface area contributed by atoms with Crippen LogP contribution in [0.4, 0.5) is 16.2 Å². The van der Waals surface area contributed by atoms with E-state index in [1.54, 1.807) is 24.3 Å². The molecule has 3 amide bonds. The maximum absolute atomic E-state index is 12.4. The number of thiazole rings is 1. The van der Waals surface area contributed by atoms with Gasteiger partial charge in [0.2, 0.25) is 5.91 Å². The molecular formula is C22H23ClN4O2S2. The molecule has 1 aliphatic heterocycles. The summed E-state index contributed by atoms with van der Waals surface area (Å²) in [6.45, 7) is 1.61. The van der Waals surface area contributed by atoms with Crippen LogP contribution in [0.5, 0.6) is 0 Å². The molecule has 0 saturated carbocycles. The smallest absolute Gasteiger partial charge is 0.321 e. The fraction of sp³-hybridized carbons (Fsp3) is 0.318. The van der Waals surface area contributed by atoms with E-state index in [1.165, 1.54) is 35.5 Å². The molecule has 1 aromatic carbocycles. The monoisotopic (exact) mass is 474 g/mol. The van der Waals surface area contributed by atoms with Crippen molar-refractivity contribution in [3.8, 4) is 9.88 Å². The lowest BCUT2D eigenvalue weighted by Crippen LogP contribution is -2.35. The van der Waals surface area contributed by atoms with Crippen molar-refractivity contribution in [2.45, 2.75) is 32.1 Å². The fourth-order valence-corrected chi connectivity index (χ4v) is 5.35. The Hall–Kier alpha value is -2.42. The number of rotatable bonds is 5. The van der Waals surface area contributed by atoms with Gasteiger partial charge in [-0.05, 0) is 49.2 Å². The molecule has 1 saturated heterocycles. The number of nitrogens with zero attached hydrogens (tertiary/aromatic N) is 2. The Morgan fingerprint density at radius 3 is 2.29 bits per heavy atom. The molecule has 2 aromatic heterocycles. The van der Waals surface area contributed by atoms with Crippen molar-refractivity contribution < 1.29 is 9.59 Å².